The van der Waals surface area contributed by atoms with E-state index in [1.165, 1.54) is 12.8 Å². The van der Waals surface area contributed by atoms with Gasteiger partial charge in [-0.2, -0.15) is 0 Å². The van der Waals surface area contributed by atoms with Crippen molar-refractivity contribution in [3.63, 3.8) is 0 Å². The number of nitrogens with zero attached hydrogens (tertiary/aromatic N) is 1. The summed E-state index contributed by atoms with van der Waals surface area (Å²) in [5.74, 6) is 0. The van der Waals surface area contributed by atoms with Crippen molar-refractivity contribution in [2.45, 2.75) is 43.7 Å². The molecule has 2 aliphatic heterocycles. The van der Waals surface area contributed by atoms with Crippen LogP contribution in [0.25, 0.3) is 0 Å². The molecule has 0 aromatic heterocycles. The summed E-state index contributed by atoms with van der Waals surface area (Å²) in [7, 11) is 2.32. The van der Waals surface area contributed by atoms with Crippen molar-refractivity contribution < 1.29 is 0 Å². The molecule has 0 aliphatic carbocycles. The minimum absolute atomic E-state index is 0.773. The van der Waals surface area contributed by atoms with E-state index in [0.717, 1.165) is 16.0 Å². The van der Waals surface area contributed by atoms with E-state index in [1.807, 2.05) is 0 Å². The summed E-state index contributed by atoms with van der Waals surface area (Å²) in [5, 5.41) is 0. The summed E-state index contributed by atoms with van der Waals surface area (Å²) < 4.78 is 0.957. The van der Waals surface area contributed by atoms with E-state index in [0.29, 0.717) is 0 Å². The van der Waals surface area contributed by atoms with Gasteiger partial charge in [0.1, 0.15) is 0 Å². The van der Waals surface area contributed by atoms with Crippen LogP contribution in [0.5, 0.6) is 0 Å². The van der Waals surface area contributed by atoms with Gasteiger partial charge in [0.2, 0.25) is 0 Å². The quantitative estimate of drug-likeness (QED) is 0.529. The molecule has 2 heterocycles. The van der Waals surface area contributed by atoms with Gasteiger partial charge in [-0.15, -0.1) is 0 Å². The molecule has 0 aromatic rings. The van der Waals surface area contributed by atoms with Crippen LogP contribution in [-0.2, 0) is 0 Å². The average Bonchev–Trinajstić information content (AvgIpc) is 2.31. The second kappa shape index (κ2) is 3.26. The predicted octanol–water partition coefficient (Wildman–Crippen LogP) is 2.73. The van der Waals surface area contributed by atoms with Crippen molar-refractivity contribution in [1.29, 1.82) is 0 Å². The number of hydrogen-bond donors (Lipinski definition) is 0. The molecule has 3 atom stereocenters. The first-order valence-corrected chi connectivity index (χ1v) is 15.6. The van der Waals surface area contributed by atoms with Gasteiger partial charge < -0.3 is 0 Å². The van der Waals surface area contributed by atoms with E-state index in [-0.39, 0.29) is 0 Å². The summed E-state index contributed by atoms with van der Waals surface area (Å²) in [6.07, 6.45) is 7.86. The van der Waals surface area contributed by atoms with Crippen molar-refractivity contribution in [1.82, 2.24) is 4.90 Å². The Morgan fingerprint density at radius 1 is 1.15 bits per heavy atom. The van der Waals surface area contributed by atoms with Crippen LogP contribution >= 0.6 is 0 Å². The zero-order valence-electron chi connectivity index (χ0n) is 9.25. The summed E-state index contributed by atoms with van der Waals surface area (Å²) in [6, 6.07) is 1.67. The predicted molar refractivity (Wildman–Crippen MR) is 60.8 cm³/mol. The van der Waals surface area contributed by atoms with Crippen LogP contribution in [0.1, 0.15) is 12.8 Å². The van der Waals surface area contributed by atoms with Crippen LogP contribution in [0.3, 0.4) is 0 Å². The third kappa shape index (κ3) is 1.70. The molecular formula is C11H21NSn. The SMILES string of the molecule is CN1C2C=C[CH]([Sn]([CH3])([CH3])[CH3])C1CC2. The van der Waals surface area contributed by atoms with Crippen LogP contribution < -0.4 is 0 Å². The zero-order valence-corrected chi connectivity index (χ0v) is 12.1. The average molecular weight is 286 g/mol. The van der Waals surface area contributed by atoms with E-state index in [9.17, 15) is 0 Å². The molecule has 2 aliphatic rings. The molecule has 13 heavy (non-hydrogen) atoms. The van der Waals surface area contributed by atoms with Gasteiger partial charge in [-0.3, -0.25) is 0 Å². The maximum absolute atomic E-state index is 2.62. The fourth-order valence-electron chi connectivity index (χ4n) is 2.90. The van der Waals surface area contributed by atoms with Crippen molar-refractivity contribution in [3.8, 4) is 0 Å². The Hall–Kier alpha value is 0.499. The summed E-state index contributed by atoms with van der Waals surface area (Å²) in [5.41, 5.74) is 0. The van der Waals surface area contributed by atoms with Gasteiger partial charge in [0.05, 0.1) is 0 Å². The third-order valence-electron chi connectivity index (χ3n) is 3.76. The molecule has 2 bridgehead atoms. The van der Waals surface area contributed by atoms with Crippen LogP contribution in [-0.4, -0.2) is 42.4 Å². The summed E-state index contributed by atoms with van der Waals surface area (Å²) in [6.45, 7) is 0. The molecule has 0 aromatic carbocycles. The monoisotopic (exact) mass is 287 g/mol. The van der Waals surface area contributed by atoms with Crippen molar-refractivity contribution in [2.24, 2.45) is 0 Å². The Kier molecular flexibility index (Phi) is 2.52. The Balaban J connectivity index is 2.24. The second-order valence-corrected chi connectivity index (χ2v) is 21.1. The van der Waals surface area contributed by atoms with E-state index >= 15 is 0 Å². The fraction of sp³-hybridized carbons (Fsp3) is 0.818. The first-order valence-electron chi connectivity index (χ1n) is 5.40. The molecule has 0 N–H and O–H groups in total. The maximum atomic E-state index is 2.62. The molecule has 1 saturated heterocycles. The van der Waals surface area contributed by atoms with Crippen molar-refractivity contribution in [3.05, 3.63) is 12.2 Å². The molecule has 1 nitrogen and oxygen atoms in total. The van der Waals surface area contributed by atoms with Gasteiger partial charge in [0.25, 0.3) is 0 Å². The molecule has 0 radical (unpaired) electrons. The van der Waals surface area contributed by atoms with Crippen molar-refractivity contribution >= 4 is 18.4 Å². The van der Waals surface area contributed by atoms with E-state index in [2.05, 4.69) is 38.9 Å². The van der Waals surface area contributed by atoms with Gasteiger partial charge in [-0.05, 0) is 0 Å². The molecule has 74 valence electrons. The van der Waals surface area contributed by atoms with Gasteiger partial charge in [0, 0.05) is 0 Å². The van der Waals surface area contributed by atoms with Crippen LogP contribution in [0.4, 0.5) is 0 Å². The van der Waals surface area contributed by atoms with Gasteiger partial charge >= 0.3 is 86.2 Å². The fourth-order valence-corrected chi connectivity index (χ4v) is 9.31. The molecule has 3 unspecified atom stereocenters. The number of likely N-dealkylation sites (N-methyl/N-ethyl adjacent to an activating group) is 1. The molecule has 2 heteroatoms. The Morgan fingerprint density at radius 3 is 2.46 bits per heavy atom. The normalized spacial score (nSPS) is 39.8. The molecule has 0 amide bonds. The first kappa shape index (κ1) is 10.0. The number of rotatable bonds is 1. The zero-order chi connectivity index (χ0) is 9.64. The van der Waals surface area contributed by atoms with E-state index < -0.39 is 18.4 Å². The van der Waals surface area contributed by atoms with Crippen LogP contribution in [0.15, 0.2) is 12.2 Å². The Bertz CT molecular complexity index is 229. The molecule has 0 saturated carbocycles. The van der Waals surface area contributed by atoms with Crippen LogP contribution in [0, 0.1) is 0 Å². The van der Waals surface area contributed by atoms with E-state index in [4.69, 9.17) is 0 Å². The Labute approximate surface area is 86.1 Å². The second-order valence-electron chi connectivity index (χ2n) is 5.65. The first-order chi connectivity index (χ1) is 6.00. The molecule has 1 fully saturated rings. The standard InChI is InChI=1S/C8H12N.3CH3.Sn/c1-9-7-3-2-4-8(9)6-5-7;;;;/h2-4,7-8H,5-6H2,1H3;3*1H3;. The van der Waals surface area contributed by atoms with E-state index in [1.54, 1.807) is 0 Å². The van der Waals surface area contributed by atoms with Gasteiger partial charge in [-0.25, -0.2) is 0 Å². The Morgan fingerprint density at radius 2 is 1.85 bits per heavy atom. The van der Waals surface area contributed by atoms with Gasteiger partial charge in [-0.1, -0.05) is 0 Å². The minimum atomic E-state index is -1.70. The topological polar surface area (TPSA) is 3.24 Å². The number of hydrogen-bond acceptors (Lipinski definition) is 1. The third-order valence-corrected chi connectivity index (χ3v) is 11.1. The van der Waals surface area contributed by atoms with Gasteiger partial charge in [0.15, 0.2) is 0 Å². The summed E-state index contributed by atoms with van der Waals surface area (Å²) >= 11 is -1.70. The van der Waals surface area contributed by atoms with Crippen LogP contribution in [0.2, 0.25) is 18.8 Å². The molecular weight excluding hydrogens is 265 g/mol. The molecule has 0 spiro atoms. The number of fused-ring (bicyclic) bond motifs is 2. The van der Waals surface area contributed by atoms with Crippen molar-refractivity contribution in [2.75, 3.05) is 7.05 Å². The molecule has 2 rings (SSSR count). The summed E-state index contributed by atoms with van der Waals surface area (Å²) in [4.78, 5) is 10.3.